The lowest BCUT2D eigenvalue weighted by atomic mass is 9.90. The molecule has 2 fully saturated rings. The van der Waals surface area contributed by atoms with Crippen molar-refractivity contribution in [3.05, 3.63) is 29.3 Å². The molecule has 1 aromatic rings. The summed E-state index contributed by atoms with van der Waals surface area (Å²) < 4.78 is 5.59. The first-order valence-corrected chi connectivity index (χ1v) is 10.2. The maximum absolute atomic E-state index is 12.7. The van der Waals surface area contributed by atoms with E-state index in [1.165, 1.54) is 11.1 Å². The molecule has 0 saturated carbocycles. The Hall–Kier alpha value is -1.63. The van der Waals surface area contributed by atoms with Crippen molar-refractivity contribution in [3.8, 4) is 5.75 Å². The van der Waals surface area contributed by atoms with Gasteiger partial charge in [0.05, 0.1) is 13.2 Å². The Kier molecular flexibility index (Phi) is 5.39. The molecule has 1 aromatic carbocycles. The van der Waals surface area contributed by atoms with Crippen LogP contribution in [0.25, 0.3) is 0 Å². The number of nitrogens with two attached hydrogens (primary N) is 1. The average molecular weight is 373 g/mol. The summed E-state index contributed by atoms with van der Waals surface area (Å²) in [6.45, 7) is 10.7. The molecule has 3 heterocycles. The fourth-order valence-electron chi connectivity index (χ4n) is 4.47. The van der Waals surface area contributed by atoms with Crippen molar-refractivity contribution < 1.29 is 9.53 Å². The lowest BCUT2D eigenvalue weighted by Gasteiger charge is -2.35. The molecule has 148 valence electrons. The second kappa shape index (κ2) is 7.78. The molecule has 2 saturated heterocycles. The summed E-state index contributed by atoms with van der Waals surface area (Å²) in [5, 5.41) is 0. The Bertz CT molecular complexity index is 687. The average Bonchev–Trinajstić information content (AvgIpc) is 3.29. The molecule has 3 aliphatic rings. The van der Waals surface area contributed by atoms with Gasteiger partial charge in [0.2, 0.25) is 5.91 Å². The molecule has 0 spiro atoms. The summed E-state index contributed by atoms with van der Waals surface area (Å²) in [5.74, 6) is 1.31. The number of hydrogen-bond donors (Lipinski definition) is 1. The first-order chi connectivity index (χ1) is 13.0. The Balaban J connectivity index is 1.23. The summed E-state index contributed by atoms with van der Waals surface area (Å²) in [7, 11) is 0. The number of likely N-dealkylation sites (tertiary alicyclic amines) is 1. The van der Waals surface area contributed by atoms with Gasteiger partial charge in [-0.2, -0.15) is 0 Å². The quantitative estimate of drug-likeness (QED) is 0.833. The first kappa shape index (κ1) is 18.7. The van der Waals surface area contributed by atoms with Gasteiger partial charge in [-0.15, -0.1) is 0 Å². The lowest BCUT2D eigenvalue weighted by Crippen LogP contribution is -2.50. The summed E-state index contributed by atoms with van der Waals surface area (Å²) >= 11 is 0. The Morgan fingerprint density at radius 3 is 2.74 bits per heavy atom. The van der Waals surface area contributed by atoms with E-state index in [2.05, 4.69) is 34.9 Å². The summed E-state index contributed by atoms with van der Waals surface area (Å²) in [6, 6.07) is 6.55. The monoisotopic (exact) mass is 372 g/mol. The van der Waals surface area contributed by atoms with Gasteiger partial charge in [0, 0.05) is 45.7 Å². The van der Waals surface area contributed by atoms with Crippen LogP contribution in [0.3, 0.4) is 0 Å². The Morgan fingerprint density at radius 1 is 1.19 bits per heavy atom. The molecule has 0 bridgehead atoms. The van der Waals surface area contributed by atoms with E-state index in [1.807, 2.05) is 4.90 Å². The molecule has 1 atom stereocenters. The zero-order chi connectivity index (χ0) is 18.9. The van der Waals surface area contributed by atoms with E-state index in [4.69, 9.17) is 10.5 Å². The molecule has 0 radical (unpaired) electrons. The molecule has 6 heteroatoms. The van der Waals surface area contributed by atoms with E-state index in [-0.39, 0.29) is 11.3 Å². The minimum absolute atomic E-state index is 0.180. The van der Waals surface area contributed by atoms with Crippen LogP contribution in [0.5, 0.6) is 5.75 Å². The highest BCUT2D eigenvalue weighted by Gasteiger charge is 2.34. The van der Waals surface area contributed by atoms with Crippen molar-refractivity contribution in [3.63, 3.8) is 0 Å². The van der Waals surface area contributed by atoms with Gasteiger partial charge < -0.3 is 15.4 Å². The molecule has 2 N–H and O–H groups in total. The van der Waals surface area contributed by atoms with Crippen LogP contribution in [-0.2, 0) is 17.8 Å². The Morgan fingerprint density at radius 2 is 2.00 bits per heavy atom. The van der Waals surface area contributed by atoms with Crippen molar-refractivity contribution in [2.24, 2.45) is 11.1 Å². The number of fused-ring (bicyclic) bond motifs is 1. The van der Waals surface area contributed by atoms with Crippen LogP contribution in [0, 0.1) is 5.41 Å². The van der Waals surface area contributed by atoms with E-state index in [0.717, 1.165) is 71.0 Å². The third-order valence-electron chi connectivity index (χ3n) is 6.37. The third kappa shape index (κ3) is 4.28. The van der Waals surface area contributed by atoms with Gasteiger partial charge in [0.25, 0.3) is 0 Å². The summed E-state index contributed by atoms with van der Waals surface area (Å²) in [6.07, 6.45) is 2.11. The number of piperazine rings is 1. The van der Waals surface area contributed by atoms with Gasteiger partial charge >= 0.3 is 0 Å². The minimum atomic E-state index is 0.180. The van der Waals surface area contributed by atoms with Crippen molar-refractivity contribution in [1.82, 2.24) is 14.7 Å². The number of ether oxygens (including phenoxy) is 1. The van der Waals surface area contributed by atoms with Crippen molar-refractivity contribution >= 4 is 5.91 Å². The Labute approximate surface area is 162 Å². The van der Waals surface area contributed by atoms with Crippen molar-refractivity contribution in [1.29, 1.82) is 0 Å². The van der Waals surface area contributed by atoms with Crippen LogP contribution in [0.2, 0.25) is 0 Å². The number of benzene rings is 1. The van der Waals surface area contributed by atoms with Gasteiger partial charge in [-0.05, 0) is 42.1 Å². The fraction of sp³-hybridized carbons (Fsp3) is 0.667. The van der Waals surface area contributed by atoms with Gasteiger partial charge in [-0.1, -0.05) is 19.1 Å². The highest BCUT2D eigenvalue weighted by molar-refractivity contribution is 5.78. The predicted molar refractivity (Wildman–Crippen MR) is 106 cm³/mol. The molecule has 0 aromatic heterocycles. The number of carbonyl (C=O) groups is 1. The zero-order valence-corrected chi connectivity index (χ0v) is 16.5. The van der Waals surface area contributed by atoms with Crippen LogP contribution in [-0.4, -0.2) is 79.6 Å². The number of rotatable bonds is 5. The summed E-state index contributed by atoms with van der Waals surface area (Å²) in [5.41, 5.74) is 8.73. The minimum Gasteiger partial charge on any atom is -0.493 e. The van der Waals surface area contributed by atoms with E-state index >= 15 is 0 Å². The van der Waals surface area contributed by atoms with Crippen LogP contribution in [0.1, 0.15) is 24.5 Å². The normalized spacial score (nSPS) is 26.2. The molecular formula is C21H32N4O2. The second-order valence-electron chi connectivity index (χ2n) is 8.67. The standard InChI is InChI=1S/C21H32N4O2/c1-21(15-22)5-6-24(16-21)14-20(26)25-9-7-23(8-10-25)13-17-2-3-19-18(12-17)4-11-27-19/h2-3,12H,4-11,13-16,22H2,1H3. The highest BCUT2D eigenvalue weighted by Crippen LogP contribution is 2.28. The molecular weight excluding hydrogens is 340 g/mol. The van der Waals surface area contributed by atoms with Crippen molar-refractivity contribution in [2.45, 2.75) is 26.3 Å². The maximum atomic E-state index is 12.7. The van der Waals surface area contributed by atoms with Crippen LogP contribution < -0.4 is 10.5 Å². The number of amides is 1. The predicted octanol–water partition coefficient (Wildman–Crippen LogP) is 0.936. The smallest absolute Gasteiger partial charge is 0.236 e. The van der Waals surface area contributed by atoms with Crippen molar-refractivity contribution in [2.75, 3.05) is 59.0 Å². The van der Waals surface area contributed by atoms with Gasteiger partial charge in [0.1, 0.15) is 5.75 Å². The SMILES string of the molecule is CC1(CN)CCN(CC(=O)N2CCN(Cc3ccc4c(c3)CCO4)CC2)C1. The summed E-state index contributed by atoms with van der Waals surface area (Å²) in [4.78, 5) is 19.4. The van der Waals surface area contributed by atoms with Gasteiger partial charge in [-0.3, -0.25) is 14.6 Å². The zero-order valence-electron chi connectivity index (χ0n) is 16.5. The second-order valence-corrected chi connectivity index (χ2v) is 8.67. The molecule has 1 amide bonds. The fourth-order valence-corrected chi connectivity index (χ4v) is 4.47. The van der Waals surface area contributed by atoms with E-state index in [0.29, 0.717) is 13.1 Å². The topological polar surface area (TPSA) is 62.0 Å². The van der Waals surface area contributed by atoms with Crippen LogP contribution >= 0.6 is 0 Å². The maximum Gasteiger partial charge on any atom is 0.236 e. The van der Waals surface area contributed by atoms with Gasteiger partial charge in [0.15, 0.2) is 0 Å². The first-order valence-electron chi connectivity index (χ1n) is 10.2. The van der Waals surface area contributed by atoms with E-state index in [1.54, 1.807) is 0 Å². The number of carbonyl (C=O) groups excluding carboxylic acids is 1. The van der Waals surface area contributed by atoms with E-state index in [9.17, 15) is 4.79 Å². The molecule has 27 heavy (non-hydrogen) atoms. The largest absolute Gasteiger partial charge is 0.493 e. The molecule has 1 unspecified atom stereocenters. The molecule has 0 aliphatic carbocycles. The molecule has 6 nitrogen and oxygen atoms in total. The molecule has 3 aliphatic heterocycles. The number of hydrogen-bond acceptors (Lipinski definition) is 5. The van der Waals surface area contributed by atoms with Crippen LogP contribution in [0.4, 0.5) is 0 Å². The highest BCUT2D eigenvalue weighted by atomic mass is 16.5. The van der Waals surface area contributed by atoms with Gasteiger partial charge in [-0.25, -0.2) is 0 Å². The lowest BCUT2D eigenvalue weighted by molar-refractivity contribution is -0.134. The van der Waals surface area contributed by atoms with E-state index < -0.39 is 0 Å². The third-order valence-corrected chi connectivity index (χ3v) is 6.37. The van der Waals surface area contributed by atoms with Crippen LogP contribution in [0.15, 0.2) is 18.2 Å². The number of nitrogens with zero attached hydrogens (tertiary/aromatic N) is 3. The molecule has 4 rings (SSSR count).